The van der Waals surface area contributed by atoms with Gasteiger partial charge in [-0.2, -0.15) is 0 Å². The monoisotopic (exact) mass is 491 g/mol. The molecule has 0 radical (unpaired) electrons. The molecule has 1 N–H and O–H groups in total. The molecule has 0 atom stereocenters. The topological polar surface area (TPSA) is 72.4 Å². The molecular weight excluding hydrogens is 461 g/mol. The summed E-state index contributed by atoms with van der Waals surface area (Å²) in [6.07, 6.45) is 1.58. The largest absolute Gasteiger partial charge is 0.493 e. The highest BCUT2D eigenvalue weighted by molar-refractivity contribution is 14.0. The number of guanidine groups is 1. The first-order chi connectivity index (χ1) is 12.6. The third-order valence-electron chi connectivity index (χ3n) is 4.52. The molecule has 1 heterocycles. The first kappa shape index (κ1) is 23.3. The zero-order valence-electron chi connectivity index (χ0n) is 16.5. The van der Waals surface area contributed by atoms with Gasteiger partial charge >= 0.3 is 5.97 Å². The molecule has 0 aliphatic carbocycles. The Morgan fingerprint density at radius 3 is 2.44 bits per heavy atom. The van der Waals surface area contributed by atoms with Gasteiger partial charge in [0.1, 0.15) is 0 Å². The van der Waals surface area contributed by atoms with Crippen LogP contribution in [0, 0.1) is 5.92 Å². The Bertz CT molecular complexity index is 631. The summed E-state index contributed by atoms with van der Waals surface area (Å²) < 4.78 is 15.7. The predicted octanol–water partition coefficient (Wildman–Crippen LogP) is 2.67. The number of methoxy groups -OCH3 is 2. The molecule has 0 amide bonds. The van der Waals surface area contributed by atoms with E-state index >= 15 is 0 Å². The lowest BCUT2D eigenvalue weighted by Crippen LogP contribution is -2.46. The second-order valence-corrected chi connectivity index (χ2v) is 6.10. The summed E-state index contributed by atoms with van der Waals surface area (Å²) in [5, 5.41) is 3.38. The molecule has 1 aliphatic rings. The van der Waals surface area contributed by atoms with Crippen molar-refractivity contribution in [3.8, 4) is 11.5 Å². The van der Waals surface area contributed by atoms with E-state index in [4.69, 9.17) is 14.2 Å². The number of hydrogen-bond donors (Lipinski definition) is 1. The standard InChI is InChI=1S/C19H29N3O4.HI/c1-5-26-18(23)15-8-10-22(11-9-15)19(20-2)21-13-14-6-7-16(24-3)17(12-14)25-4;/h6-7,12,15H,5,8-11,13H2,1-4H3,(H,20,21);1H. The molecule has 27 heavy (non-hydrogen) atoms. The van der Waals surface area contributed by atoms with Gasteiger partial charge in [-0.05, 0) is 37.5 Å². The fourth-order valence-electron chi connectivity index (χ4n) is 3.09. The van der Waals surface area contributed by atoms with Crippen LogP contribution >= 0.6 is 24.0 Å². The highest BCUT2D eigenvalue weighted by Gasteiger charge is 2.27. The maximum atomic E-state index is 11.9. The molecule has 1 aromatic rings. The summed E-state index contributed by atoms with van der Waals surface area (Å²) in [4.78, 5) is 18.4. The summed E-state index contributed by atoms with van der Waals surface area (Å²) in [5.74, 6) is 2.16. The van der Waals surface area contributed by atoms with Gasteiger partial charge in [0.2, 0.25) is 0 Å². The van der Waals surface area contributed by atoms with Gasteiger partial charge in [0.25, 0.3) is 0 Å². The third kappa shape index (κ3) is 6.44. The Hall–Kier alpha value is -1.71. The van der Waals surface area contributed by atoms with Crippen LogP contribution in [-0.4, -0.2) is 57.8 Å². The molecule has 1 aromatic carbocycles. The molecule has 0 spiro atoms. The van der Waals surface area contributed by atoms with Crippen LogP contribution in [0.3, 0.4) is 0 Å². The van der Waals surface area contributed by atoms with Crippen molar-refractivity contribution in [3.05, 3.63) is 23.8 Å². The van der Waals surface area contributed by atoms with Crippen LogP contribution < -0.4 is 14.8 Å². The second kappa shape index (κ2) is 11.9. The molecule has 0 saturated carbocycles. The van der Waals surface area contributed by atoms with E-state index in [1.807, 2.05) is 25.1 Å². The lowest BCUT2D eigenvalue weighted by Gasteiger charge is -2.33. The first-order valence-corrected chi connectivity index (χ1v) is 8.96. The van der Waals surface area contributed by atoms with Crippen molar-refractivity contribution in [1.82, 2.24) is 10.2 Å². The van der Waals surface area contributed by atoms with Gasteiger partial charge in [-0.1, -0.05) is 6.07 Å². The van der Waals surface area contributed by atoms with Crippen LogP contribution in [0.4, 0.5) is 0 Å². The minimum absolute atomic E-state index is 0. The van der Waals surface area contributed by atoms with E-state index in [9.17, 15) is 4.79 Å². The Balaban J connectivity index is 0.00000364. The summed E-state index contributed by atoms with van der Waals surface area (Å²) in [6, 6.07) is 5.84. The third-order valence-corrected chi connectivity index (χ3v) is 4.52. The van der Waals surface area contributed by atoms with Gasteiger partial charge < -0.3 is 24.4 Å². The van der Waals surface area contributed by atoms with Crippen molar-refractivity contribution in [1.29, 1.82) is 0 Å². The van der Waals surface area contributed by atoms with Gasteiger partial charge in [0, 0.05) is 26.7 Å². The smallest absolute Gasteiger partial charge is 0.309 e. The number of hydrogen-bond acceptors (Lipinski definition) is 5. The van der Waals surface area contributed by atoms with Crippen molar-refractivity contribution < 1.29 is 19.0 Å². The zero-order valence-corrected chi connectivity index (χ0v) is 18.8. The first-order valence-electron chi connectivity index (χ1n) is 8.96. The second-order valence-electron chi connectivity index (χ2n) is 6.10. The SMILES string of the molecule is CCOC(=O)C1CCN(C(=NC)NCc2ccc(OC)c(OC)c2)CC1.I. The lowest BCUT2D eigenvalue weighted by atomic mass is 9.97. The fourth-order valence-corrected chi connectivity index (χ4v) is 3.09. The van der Waals surface area contributed by atoms with Crippen LogP contribution in [0.25, 0.3) is 0 Å². The number of nitrogens with zero attached hydrogens (tertiary/aromatic N) is 2. The maximum absolute atomic E-state index is 11.9. The van der Waals surface area contributed by atoms with Gasteiger partial charge in [-0.15, -0.1) is 24.0 Å². The normalized spacial score (nSPS) is 15.0. The Morgan fingerprint density at radius 1 is 1.22 bits per heavy atom. The lowest BCUT2D eigenvalue weighted by molar-refractivity contribution is -0.149. The van der Waals surface area contributed by atoms with Crippen molar-refractivity contribution in [2.45, 2.75) is 26.3 Å². The Kier molecular flexibility index (Phi) is 10.3. The fraction of sp³-hybridized carbons (Fsp3) is 0.579. The van der Waals surface area contributed by atoms with Crippen molar-refractivity contribution in [2.24, 2.45) is 10.9 Å². The number of carbonyl (C=O) groups excluding carboxylic acids is 1. The van der Waals surface area contributed by atoms with E-state index in [1.165, 1.54) is 0 Å². The number of carbonyl (C=O) groups is 1. The number of piperidine rings is 1. The molecule has 2 rings (SSSR count). The van der Waals surface area contributed by atoms with Crippen LogP contribution in [0.1, 0.15) is 25.3 Å². The number of esters is 1. The molecule has 8 heteroatoms. The van der Waals surface area contributed by atoms with E-state index in [-0.39, 0.29) is 35.9 Å². The highest BCUT2D eigenvalue weighted by atomic mass is 127. The minimum Gasteiger partial charge on any atom is -0.493 e. The highest BCUT2D eigenvalue weighted by Crippen LogP contribution is 2.27. The van der Waals surface area contributed by atoms with Crippen LogP contribution in [-0.2, 0) is 16.1 Å². The molecule has 152 valence electrons. The van der Waals surface area contributed by atoms with Gasteiger partial charge in [-0.3, -0.25) is 9.79 Å². The van der Waals surface area contributed by atoms with Crippen molar-refractivity contribution in [3.63, 3.8) is 0 Å². The molecule has 1 aliphatic heterocycles. The van der Waals surface area contributed by atoms with Gasteiger partial charge in [-0.25, -0.2) is 0 Å². The summed E-state index contributed by atoms with van der Waals surface area (Å²) in [7, 11) is 5.02. The van der Waals surface area contributed by atoms with Crippen molar-refractivity contribution >= 4 is 35.9 Å². The number of halogens is 1. The molecular formula is C19H30IN3O4. The molecule has 7 nitrogen and oxygen atoms in total. The van der Waals surface area contributed by atoms with Crippen LogP contribution in [0.2, 0.25) is 0 Å². The average Bonchev–Trinajstić information content (AvgIpc) is 2.68. The number of likely N-dealkylation sites (tertiary alicyclic amines) is 1. The number of aliphatic imine (C=N–C) groups is 1. The summed E-state index contributed by atoms with van der Waals surface area (Å²) in [5.41, 5.74) is 1.07. The minimum atomic E-state index is -0.0829. The van der Waals surface area contributed by atoms with Crippen LogP contribution in [0.15, 0.2) is 23.2 Å². The quantitative estimate of drug-likeness (QED) is 0.286. The zero-order chi connectivity index (χ0) is 18.9. The van der Waals surface area contributed by atoms with E-state index in [1.54, 1.807) is 21.3 Å². The van der Waals surface area contributed by atoms with Gasteiger partial charge in [0.05, 0.1) is 26.7 Å². The molecule has 0 bridgehead atoms. The van der Waals surface area contributed by atoms with E-state index in [0.29, 0.717) is 24.7 Å². The Morgan fingerprint density at radius 2 is 1.89 bits per heavy atom. The van der Waals surface area contributed by atoms with Crippen molar-refractivity contribution in [2.75, 3.05) is 41.0 Å². The number of ether oxygens (including phenoxy) is 3. The number of benzene rings is 1. The number of nitrogens with one attached hydrogen (secondary N) is 1. The summed E-state index contributed by atoms with van der Waals surface area (Å²) in [6.45, 7) is 4.48. The molecule has 1 saturated heterocycles. The molecule has 1 fully saturated rings. The summed E-state index contributed by atoms with van der Waals surface area (Å²) >= 11 is 0. The van der Waals surface area contributed by atoms with E-state index < -0.39 is 0 Å². The van der Waals surface area contributed by atoms with Crippen LogP contribution in [0.5, 0.6) is 11.5 Å². The predicted molar refractivity (Wildman–Crippen MR) is 116 cm³/mol. The Labute approximate surface area is 178 Å². The van der Waals surface area contributed by atoms with E-state index in [0.717, 1.165) is 37.5 Å². The average molecular weight is 491 g/mol. The van der Waals surface area contributed by atoms with Gasteiger partial charge in [0.15, 0.2) is 17.5 Å². The molecule has 0 aromatic heterocycles. The maximum Gasteiger partial charge on any atom is 0.309 e. The number of rotatable bonds is 6. The van der Waals surface area contributed by atoms with E-state index in [2.05, 4.69) is 15.2 Å². The molecule has 0 unspecified atom stereocenters.